The molecule has 1 aliphatic carbocycles. The van der Waals surface area contributed by atoms with Crippen LogP contribution in [0.1, 0.15) is 50.6 Å². The third-order valence-corrected chi connectivity index (χ3v) is 3.45. The van der Waals surface area contributed by atoms with Crippen LogP contribution >= 0.6 is 0 Å². The molecule has 0 amide bonds. The Labute approximate surface area is 98.6 Å². The number of benzene rings is 1. The largest absolute Gasteiger partial charge is 0.289 e. The Morgan fingerprint density at radius 3 is 2.50 bits per heavy atom. The summed E-state index contributed by atoms with van der Waals surface area (Å²) in [5.74, 6) is 0.736. The van der Waals surface area contributed by atoms with Crippen LogP contribution in [0.2, 0.25) is 0 Å². The van der Waals surface area contributed by atoms with Crippen LogP contribution in [-0.2, 0) is 0 Å². The van der Waals surface area contributed by atoms with Gasteiger partial charge in [-0.25, -0.2) is 0 Å². The molecule has 0 bridgehead atoms. The minimum atomic E-state index is 0.308. The highest BCUT2D eigenvalue weighted by atomic mass is 14.8. The fourth-order valence-electron chi connectivity index (χ4n) is 2.35. The Morgan fingerprint density at radius 1 is 1.12 bits per heavy atom. The van der Waals surface area contributed by atoms with Gasteiger partial charge in [0.2, 0.25) is 0 Å². The lowest BCUT2D eigenvalue weighted by molar-refractivity contribution is 0.443. The molecule has 2 rings (SSSR count). The van der Waals surface area contributed by atoms with E-state index < -0.39 is 0 Å². The van der Waals surface area contributed by atoms with Gasteiger partial charge >= 0.3 is 0 Å². The summed E-state index contributed by atoms with van der Waals surface area (Å²) < 4.78 is 0. The van der Waals surface area contributed by atoms with Gasteiger partial charge in [0, 0.05) is 6.21 Å². The van der Waals surface area contributed by atoms with Crippen LogP contribution in [0.15, 0.2) is 35.3 Å². The fourth-order valence-corrected chi connectivity index (χ4v) is 2.35. The number of rotatable bonds is 3. The fraction of sp³-hybridized carbons (Fsp3) is 0.533. The first-order chi connectivity index (χ1) is 7.86. The van der Waals surface area contributed by atoms with E-state index in [1.54, 1.807) is 0 Å². The van der Waals surface area contributed by atoms with E-state index in [0.717, 1.165) is 5.92 Å². The zero-order valence-electron chi connectivity index (χ0n) is 10.1. The molecule has 1 nitrogen and oxygen atoms in total. The molecule has 1 heteroatoms. The monoisotopic (exact) mass is 215 g/mol. The number of hydrogen-bond acceptors (Lipinski definition) is 1. The maximum absolute atomic E-state index is 4.69. The normalized spacial score (nSPS) is 20.1. The van der Waals surface area contributed by atoms with Crippen molar-refractivity contribution in [3.05, 3.63) is 35.9 Å². The van der Waals surface area contributed by atoms with Gasteiger partial charge < -0.3 is 0 Å². The first kappa shape index (κ1) is 11.4. The second kappa shape index (κ2) is 5.83. The molecule has 86 valence electrons. The lowest BCUT2D eigenvalue weighted by Crippen LogP contribution is -2.07. The molecular formula is C15H21N. The van der Waals surface area contributed by atoms with Crippen molar-refractivity contribution in [3.63, 3.8) is 0 Å². The average molecular weight is 215 g/mol. The summed E-state index contributed by atoms with van der Waals surface area (Å²) in [6, 6.07) is 10.8. The summed E-state index contributed by atoms with van der Waals surface area (Å²) in [6.45, 7) is 2.18. The Morgan fingerprint density at radius 2 is 1.81 bits per heavy atom. The maximum Gasteiger partial charge on any atom is 0.0717 e. The van der Waals surface area contributed by atoms with E-state index in [0.29, 0.717) is 6.04 Å². The molecule has 1 aromatic carbocycles. The van der Waals surface area contributed by atoms with Crippen molar-refractivity contribution >= 4 is 6.21 Å². The van der Waals surface area contributed by atoms with Crippen molar-refractivity contribution in [2.24, 2.45) is 10.9 Å². The molecule has 0 unspecified atom stereocenters. The van der Waals surface area contributed by atoms with Gasteiger partial charge in [0.15, 0.2) is 0 Å². The van der Waals surface area contributed by atoms with E-state index in [1.165, 1.54) is 37.7 Å². The minimum absolute atomic E-state index is 0.308. The van der Waals surface area contributed by atoms with Crippen LogP contribution in [0.3, 0.4) is 0 Å². The average Bonchev–Trinajstić information content (AvgIpc) is 2.38. The second-order valence-electron chi connectivity index (χ2n) is 4.78. The first-order valence-corrected chi connectivity index (χ1v) is 6.44. The topological polar surface area (TPSA) is 12.4 Å². The highest BCUT2D eigenvalue weighted by molar-refractivity contribution is 5.61. The zero-order valence-corrected chi connectivity index (χ0v) is 10.1. The molecule has 0 aliphatic heterocycles. The number of aliphatic imine (C=N–C) groups is 1. The number of nitrogens with zero attached hydrogens (tertiary/aromatic N) is 1. The quantitative estimate of drug-likeness (QED) is 0.663. The highest BCUT2D eigenvalue weighted by Gasteiger charge is 2.11. The standard InChI is InChI=1S/C15H21N/c1-13(15-10-6-3-7-11-15)16-12-14-8-4-2-5-9-14/h3,6-7,10-14H,2,4-5,8-9H2,1H3/t13-/m0/s1. The first-order valence-electron chi connectivity index (χ1n) is 6.44. The van der Waals surface area contributed by atoms with Gasteiger partial charge in [0.05, 0.1) is 6.04 Å². The molecule has 16 heavy (non-hydrogen) atoms. The van der Waals surface area contributed by atoms with E-state index in [2.05, 4.69) is 43.5 Å². The van der Waals surface area contributed by atoms with Crippen molar-refractivity contribution in [2.75, 3.05) is 0 Å². The van der Waals surface area contributed by atoms with Crippen molar-refractivity contribution in [1.29, 1.82) is 0 Å². The Kier molecular flexibility index (Phi) is 4.15. The van der Waals surface area contributed by atoms with Crippen molar-refractivity contribution in [1.82, 2.24) is 0 Å². The third kappa shape index (κ3) is 3.19. The number of hydrogen-bond donors (Lipinski definition) is 0. The predicted molar refractivity (Wildman–Crippen MR) is 69.9 cm³/mol. The Balaban J connectivity index is 1.91. The van der Waals surface area contributed by atoms with E-state index in [9.17, 15) is 0 Å². The Bertz CT molecular complexity index is 323. The molecule has 0 saturated heterocycles. The van der Waals surface area contributed by atoms with Gasteiger partial charge in [0.25, 0.3) is 0 Å². The second-order valence-corrected chi connectivity index (χ2v) is 4.78. The molecular weight excluding hydrogens is 194 g/mol. The smallest absolute Gasteiger partial charge is 0.0717 e. The van der Waals surface area contributed by atoms with Crippen molar-refractivity contribution in [3.8, 4) is 0 Å². The van der Waals surface area contributed by atoms with E-state index in [4.69, 9.17) is 4.99 Å². The Hall–Kier alpha value is -1.11. The van der Waals surface area contributed by atoms with E-state index >= 15 is 0 Å². The van der Waals surface area contributed by atoms with Gasteiger partial charge in [-0.05, 0) is 31.2 Å². The van der Waals surface area contributed by atoms with E-state index in [1.807, 2.05) is 0 Å². The molecule has 0 radical (unpaired) electrons. The lowest BCUT2D eigenvalue weighted by atomic mass is 9.90. The zero-order chi connectivity index (χ0) is 11.2. The summed E-state index contributed by atoms with van der Waals surface area (Å²) in [6.07, 6.45) is 9.07. The third-order valence-electron chi connectivity index (χ3n) is 3.45. The summed E-state index contributed by atoms with van der Waals surface area (Å²) in [4.78, 5) is 4.69. The maximum atomic E-state index is 4.69. The summed E-state index contributed by atoms with van der Waals surface area (Å²) in [7, 11) is 0. The van der Waals surface area contributed by atoms with Crippen molar-refractivity contribution in [2.45, 2.75) is 45.1 Å². The molecule has 0 heterocycles. The van der Waals surface area contributed by atoms with Gasteiger partial charge in [-0.15, -0.1) is 0 Å². The van der Waals surface area contributed by atoms with Crippen LogP contribution < -0.4 is 0 Å². The minimum Gasteiger partial charge on any atom is -0.289 e. The molecule has 1 atom stereocenters. The summed E-state index contributed by atoms with van der Waals surface area (Å²) in [5, 5.41) is 0. The highest BCUT2D eigenvalue weighted by Crippen LogP contribution is 2.23. The van der Waals surface area contributed by atoms with Crippen LogP contribution in [-0.4, -0.2) is 6.21 Å². The molecule has 1 aliphatic rings. The van der Waals surface area contributed by atoms with Gasteiger partial charge in [-0.2, -0.15) is 0 Å². The molecule has 1 aromatic rings. The predicted octanol–water partition coefficient (Wildman–Crippen LogP) is 4.40. The van der Waals surface area contributed by atoms with Crippen LogP contribution in [0.5, 0.6) is 0 Å². The molecule has 0 spiro atoms. The summed E-state index contributed by atoms with van der Waals surface area (Å²) in [5.41, 5.74) is 1.31. The molecule has 0 aromatic heterocycles. The summed E-state index contributed by atoms with van der Waals surface area (Å²) >= 11 is 0. The van der Waals surface area contributed by atoms with Gasteiger partial charge in [-0.1, -0.05) is 49.6 Å². The molecule has 1 fully saturated rings. The molecule has 0 N–H and O–H groups in total. The van der Waals surface area contributed by atoms with Crippen LogP contribution in [0.4, 0.5) is 0 Å². The van der Waals surface area contributed by atoms with Crippen LogP contribution in [0, 0.1) is 5.92 Å². The molecule has 1 saturated carbocycles. The lowest BCUT2D eigenvalue weighted by Gasteiger charge is -2.17. The van der Waals surface area contributed by atoms with E-state index in [-0.39, 0.29) is 0 Å². The SMILES string of the molecule is C[C@H](N=CC1CCCCC1)c1ccccc1. The van der Waals surface area contributed by atoms with Gasteiger partial charge in [0.1, 0.15) is 0 Å². The van der Waals surface area contributed by atoms with Crippen LogP contribution in [0.25, 0.3) is 0 Å². The van der Waals surface area contributed by atoms with Gasteiger partial charge in [-0.3, -0.25) is 4.99 Å². The van der Waals surface area contributed by atoms with Crippen molar-refractivity contribution < 1.29 is 0 Å².